The molecule has 0 atom stereocenters. The number of fused-ring (bicyclic) bond motifs is 1. The Labute approximate surface area is 138 Å². The molecule has 1 aliphatic rings. The summed E-state index contributed by atoms with van der Waals surface area (Å²) >= 11 is 1.68. The molecule has 23 heavy (non-hydrogen) atoms. The van der Waals surface area contributed by atoms with E-state index in [1.165, 1.54) is 4.88 Å². The highest BCUT2D eigenvalue weighted by Gasteiger charge is 2.16. The van der Waals surface area contributed by atoms with Gasteiger partial charge in [-0.2, -0.15) is 5.10 Å². The number of amides is 1. The van der Waals surface area contributed by atoms with E-state index in [0.717, 1.165) is 23.4 Å². The maximum absolute atomic E-state index is 12.3. The van der Waals surface area contributed by atoms with Crippen LogP contribution in [0.5, 0.6) is 11.5 Å². The smallest absolute Gasteiger partial charge is 0.271 e. The summed E-state index contributed by atoms with van der Waals surface area (Å²) in [4.78, 5) is 14.6. The number of hydrazone groups is 1. The van der Waals surface area contributed by atoms with E-state index in [1.807, 2.05) is 6.07 Å². The fraction of sp³-hybridized carbons (Fsp3) is 0.294. The number of thiophene rings is 1. The van der Waals surface area contributed by atoms with Gasteiger partial charge in [-0.3, -0.25) is 4.79 Å². The fourth-order valence-electron chi connectivity index (χ4n) is 2.28. The number of carbonyl (C=O) groups excluding carboxylic acids is 1. The van der Waals surface area contributed by atoms with E-state index < -0.39 is 0 Å². The van der Waals surface area contributed by atoms with E-state index >= 15 is 0 Å². The molecule has 120 valence electrons. The van der Waals surface area contributed by atoms with Crippen molar-refractivity contribution in [3.05, 3.63) is 45.6 Å². The number of benzene rings is 1. The third-order valence-corrected chi connectivity index (χ3v) is 4.49. The summed E-state index contributed by atoms with van der Waals surface area (Å²) < 4.78 is 10.5. The molecule has 0 spiro atoms. The lowest BCUT2D eigenvalue weighted by molar-refractivity contribution is 0.0954. The molecule has 6 heteroatoms. The zero-order valence-electron chi connectivity index (χ0n) is 13.1. The van der Waals surface area contributed by atoms with Gasteiger partial charge in [0.05, 0.1) is 10.6 Å². The van der Waals surface area contributed by atoms with Crippen LogP contribution < -0.4 is 14.9 Å². The molecule has 0 bridgehead atoms. The van der Waals surface area contributed by atoms with E-state index in [4.69, 9.17) is 9.47 Å². The Hall–Kier alpha value is -2.34. The minimum atomic E-state index is -0.259. The summed E-state index contributed by atoms with van der Waals surface area (Å²) in [6, 6.07) is 9.21. The lowest BCUT2D eigenvalue weighted by Crippen LogP contribution is -2.19. The number of ether oxygens (including phenoxy) is 2. The molecule has 1 N–H and O–H groups in total. The second kappa shape index (κ2) is 6.83. The van der Waals surface area contributed by atoms with Gasteiger partial charge in [-0.05, 0) is 43.7 Å². The maximum Gasteiger partial charge on any atom is 0.271 e. The quantitative estimate of drug-likeness (QED) is 0.671. The van der Waals surface area contributed by atoms with Crippen LogP contribution >= 0.6 is 11.3 Å². The summed E-state index contributed by atoms with van der Waals surface area (Å²) in [6.07, 6.45) is 1.79. The molecule has 1 aliphatic heterocycles. The van der Waals surface area contributed by atoms with E-state index in [9.17, 15) is 4.79 Å². The zero-order valence-corrected chi connectivity index (χ0v) is 13.9. The van der Waals surface area contributed by atoms with Gasteiger partial charge < -0.3 is 9.47 Å². The van der Waals surface area contributed by atoms with Gasteiger partial charge >= 0.3 is 0 Å². The fourth-order valence-corrected chi connectivity index (χ4v) is 3.17. The standard InChI is InChI=1S/C17H18N2O3S/c1-3-4-13(16-8-5-11(2)23-16)18-19-17(20)12-6-7-14-15(9-12)22-10-21-14/h5-9H,3-4,10H2,1-2H3,(H,19,20)/b18-13-. The van der Waals surface area contributed by atoms with Gasteiger partial charge in [-0.25, -0.2) is 5.43 Å². The largest absolute Gasteiger partial charge is 0.454 e. The minimum Gasteiger partial charge on any atom is -0.454 e. The molecule has 0 aliphatic carbocycles. The number of rotatable bonds is 5. The van der Waals surface area contributed by atoms with Crippen molar-refractivity contribution >= 4 is 23.0 Å². The van der Waals surface area contributed by atoms with Crippen molar-refractivity contribution in [2.75, 3.05) is 6.79 Å². The molecule has 0 fully saturated rings. The van der Waals surface area contributed by atoms with Crippen LogP contribution in [0.1, 0.15) is 39.9 Å². The summed E-state index contributed by atoms with van der Waals surface area (Å²) in [5, 5.41) is 4.32. The first-order chi connectivity index (χ1) is 11.2. The van der Waals surface area contributed by atoms with Gasteiger partial charge in [0.2, 0.25) is 6.79 Å². The molecule has 1 aromatic carbocycles. The molecule has 0 saturated heterocycles. The maximum atomic E-state index is 12.3. The van der Waals surface area contributed by atoms with Gasteiger partial charge in [0.15, 0.2) is 11.5 Å². The van der Waals surface area contributed by atoms with Crippen molar-refractivity contribution < 1.29 is 14.3 Å². The average molecular weight is 330 g/mol. The first kappa shape index (κ1) is 15.6. The van der Waals surface area contributed by atoms with Gasteiger partial charge in [-0.1, -0.05) is 13.3 Å². The van der Waals surface area contributed by atoms with Crippen LogP contribution in [0.15, 0.2) is 35.4 Å². The summed E-state index contributed by atoms with van der Waals surface area (Å²) in [6.45, 7) is 4.34. The van der Waals surface area contributed by atoms with Crippen molar-refractivity contribution in [1.29, 1.82) is 0 Å². The Morgan fingerprint density at radius 1 is 1.26 bits per heavy atom. The number of nitrogens with zero attached hydrogens (tertiary/aromatic N) is 1. The Kier molecular flexibility index (Phi) is 4.62. The van der Waals surface area contributed by atoms with Crippen LogP contribution in [0.3, 0.4) is 0 Å². The summed E-state index contributed by atoms with van der Waals surface area (Å²) in [5.41, 5.74) is 4.04. The highest BCUT2D eigenvalue weighted by atomic mass is 32.1. The Morgan fingerprint density at radius 3 is 2.83 bits per heavy atom. The SMILES string of the molecule is CCC/C(=N/NC(=O)c1ccc2c(c1)OCO2)c1ccc(C)s1. The first-order valence-electron chi connectivity index (χ1n) is 7.50. The summed E-state index contributed by atoms with van der Waals surface area (Å²) in [5.74, 6) is 0.986. The predicted molar refractivity (Wildman–Crippen MR) is 90.5 cm³/mol. The molecular formula is C17H18N2O3S. The van der Waals surface area contributed by atoms with Crippen LogP contribution in [0.25, 0.3) is 0 Å². The number of aryl methyl sites for hydroxylation is 1. The van der Waals surface area contributed by atoms with Gasteiger partial charge in [0.25, 0.3) is 5.91 Å². The Balaban J connectivity index is 1.75. The molecule has 3 rings (SSSR count). The van der Waals surface area contributed by atoms with Gasteiger partial charge in [-0.15, -0.1) is 11.3 Å². The molecule has 0 radical (unpaired) electrons. The lowest BCUT2D eigenvalue weighted by Gasteiger charge is -2.05. The van der Waals surface area contributed by atoms with Crippen LogP contribution in [-0.4, -0.2) is 18.4 Å². The number of hydrogen-bond donors (Lipinski definition) is 1. The predicted octanol–water partition coefficient (Wildman–Crippen LogP) is 3.72. The van der Waals surface area contributed by atoms with Crippen LogP contribution in [0.4, 0.5) is 0 Å². The van der Waals surface area contributed by atoms with Crippen molar-refractivity contribution in [1.82, 2.24) is 5.43 Å². The monoisotopic (exact) mass is 330 g/mol. The normalized spacial score (nSPS) is 13.2. The van der Waals surface area contributed by atoms with Crippen molar-refractivity contribution in [3.8, 4) is 11.5 Å². The van der Waals surface area contributed by atoms with Crippen molar-refractivity contribution in [2.45, 2.75) is 26.7 Å². The molecule has 2 heterocycles. The minimum absolute atomic E-state index is 0.191. The van der Waals surface area contributed by atoms with E-state index in [1.54, 1.807) is 29.5 Å². The van der Waals surface area contributed by atoms with E-state index in [-0.39, 0.29) is 12.7 Å². The average Bonchev–Trinajstić information content (AvgIpc) is 3.18. The number of nitrogens with one attached hydrogen (secondary N) is 1. The molecular weight excluding hydrogens is 312 g/mol. The van der Waals surface area contributed by atoms with Crippen molar-refractivity contribution in [2.24, 2.45) is 5.10 Å². The molecule has 5 nitrogen and oxygen atoms in total. The van der Waals surface area contributed by atoms with Gasteiger partial charge in [0, 0.05) is 10.4 Å². The molecule has 0 unspecified atom stereocenters. The molecule has 2 aromatic rings. The topological polar surface area (TPSA) is 59.9 Å². The Morgan fingerprint density at radius 2 is 2.09 bits per heavy atom. The van der Waals surface area contributed by atoms with E-state index in [2.05, 4.69) is 30.4 Å². The van der Waals surface area contributed by atoms with E-state index in [0.29, 0.717) is 17.1 Å². The summed E-state index contributed by atoms with van der Waals surface area (Å²) in [7, 11) is 0. The first-order valence-corrected chi connectivity index (χ1v) is 8.32. The van der Waals surface area contributed by atoms with Crippen LogP contribution in [0.2, 0.25) is 0 Å². The van der Waals surface area contributed by atoms with Crippen molar-refractivity contribution in [3.63, 3.8) is 0 Å². The third kappa shape index (κ3) is 3.53. The third-order valence-electron chi connectivity index (χ3n) is 3.44. The molecule has 0 saturated carbocycles. The lowest BCUT2D eigenvalue weighted by atomic mass is 10.2. The molecule has 1 amide bonds. The highest BCUT2D eigenvalue weighted by Crippen LogP contribution is 2.32. The van der Waals surface area contributed by atoms with Crippen LogP contribution in [0, 0.1) is 6.92 Å². The van der Waals surface area contributed by atoms with Crippen LogP contribution in [-0.2, 0) is 0 Å². The second-order valence-electron chi connectivity index (χ2n) is 5.23. The number of carbonyl (C=O) groups is 1. The Bertz CT molecular complexity index is 752. The second-order valence-corrected chi connectivity index (χ2v) is 6.52. The highest BCUT2D eigenvalue weighted by molar-refractivity contribution is 7.14. The molecule has 1 aromatic heterocycles. The zero-order chi connectivity index (χ0) is 16.2. The van der Waals surface area contributed by atoms with Gasteiger partial charge in [0.1, 0.15) is 0 Å². The number of hydrogen-bond acceptors (Lipinski definition) is 5.